The smallest absolute Gasteiger partial charge is 0.308 e. The molecule has 21 heavy (non-hydrogen) atoms. The van der Waals surface area contributed by atoms with Gasteiger partial charge in [0.25, 0.3) is 5.91 Å². The second-order valence-corrected chi connectivity index (χ2v) is 5.68. The highest BCUT2D eigenvalue weighted by molar-refractivity contribution is 7.97. The van der Waals surface area contributed by atoms with Crippen LogP contribution in [0.1, 0.15) is 22.3 Å². The first kappa shape index (κ1) is 17.8. The molecule has 0 saturated carbocycles. The number of halogens is 2. The quantitative estimate of drug-likeness (QED) is 0.920. The predicted octanol–water partition coefficient (Wildman–Crippen LogP) is 2.66. The summed E-state index contributed by atoms with van der Waals surface area (Å²) >= 11 is 1.48. The molecule has 1 unspecified atom stereocenters. The van der Waals surface area contributed by atoms with Crippen LogP contribution in [0.4, 0.5) is 4.39 Å². The molecule has 116 valence electrons. The molecule has 1 aromatic rings. The van der Waals surface area contributed by atoms with Gasteiger partial charge in [-0.25, -0.2) is 4.39 Å². The van der Waals surface area contributed by atoms with Crippen molar-refractivity contribution in [3.8, 4) is 0 Å². The number of carbonyl (C=O) groups is 2. The molecule has 0 spiro atoms. The van der Waals surface area contributed by atoms with Crippen LogP contribution in [-0.2, 0) is 10.5 Å². The van der Waals surface area contributed by atoms with Crippen LogP contribution in [0.15, 0.2) is 18.2 Å². The summed E-state index contributed by atoms with van der Waals surface area (Å²) in [4.78, 5) is 24.7. The lowest BCUT2D eigenvalue weighted by molar-refractivity contribution is -0.141. The summed E-state index contributed by atoms with van der Waals surface area (Å²) in [5, 5.41) is 8.94. The van der Waals surface area contributed by atoms with Crippen molar-refractivity contribution in [2.45, 2.75) is 12.2 Å². The van der Waals surface area contributed by atoms with E-state index in [0.717, 1.165) is 0 Å². The van der Waals surface area contributed by atoms with E-state index < -0.39 is 11.9 Å². The highest BCUT2D eigenvalue weighted by atomic mass is 35.5. The zero-order valence-corrected chi connectivity index (χ0v) is 13.2. The van der Waals surface area contributed by atoms with Crippen molar-refractivity contribution in [1.82, 2.24) is 4.90 Å². The number of rotatable bonds is 4. The molecule has 0 radical (unpaired) electrons. The Morgan fingerprint density at radius 1 is 1.48 bits per heavy atom. The number of benzene rings is 1. The van der Waals surface area contributed by atoms with Crippen LogP contribution >= 0.6 is 24.2 Å². The Bertz CT molecular complexity index is 541. The molecule has 1 aliphatic rings. The van der Waals surface area contributed by atoms with Gasteiger partial charge in [-0.3, -0.25) is 9.59 Å². The lowest BCUT2D eigenvalue weighted by atomic mass is 10.1. The van der Waals surface area contributed by atoms with Crippen molar-refractivity contribution in [3.63, 3.8) is 0 Å². The SMILES string of the molecule is CSCc1cc(C(=O)N2CCC(C(=O)O)C2)ccc1F.Cl. The largest absolute Gasteiger partial charge is 0.481 e. The Morgan fingerprint density at radius 2 is 2.19 bits per heavy atom. The highest BCUT2D eigenvalue weighted by Gasteiger charge is 2.31. The van der Waals surface area contributed by atoms with E-state index in [1.54, 1.807) is 6.07 Å². The number of carbonyl (C=O) groups excluding carboxylic acids is 1. The summed E-state index contributed by atoms with van der Waals surface area (Å²) in [6.07, 6.45) is 2.34. The Balaban J connectivity index is 0.00000220. The van der Waals surface area contributed by atoms with Gasteiger partial charge in [0.2, 0.25) is 0 Å². The summed E-state index contributed by atoms with van der Waals surface area (Å²) in [5.41, 5.74) is 0.916. The lowest BCUT2D eigenvalue weighted by Gasteiger charge is -2.16. The minimum Gasteiger partial charge on any atom is -0.481 e. The van der Waals surface area contributed by atoms with Gasteiger partial charge >= 0.3 is 5.97 Å². The number of carboxylic acids is 1. The van der Waals surface area contributed by atoms with Crippen molar-refractivity contribution in [2.24, 2.45) is 5.92 Å². The van der Waals surface area contributed by atoms with Crippen molar-refractivity contribution >= 4 is 36.0 Å². The van der Waals surface area contributed by atoms with E-state index in [0.29, 0.717) is 29.8 Å². The third kappa shape index (κ3) is 4.11. The minimum atomic E-state index is -0.873. The van der Waals surface area contributed by atoms with Gasteiger partial charge in [0.15, 0.2) is 0 Å². The van der Waals surface area contributed by atoms with Gasteiger partial charge in [0.05, 0.1) is 5.92 Å². The fraction of sp³-hybridized carbons (Fsp3) is 0.429. The molecule has 1 fully saturated rings. The Hall–Kier alpha value is -1.27. The summed E-state index contributed by atoms with van der Waals surface area (Å²) in [7, 11) is 0. The molecule has 1 amide bonds. The van der Waals surface area contributed by atoms with Crippen molar-refractivity contribution in [3.05, 3.63) is 35.1 Å². The summed E-state index contributed by atoms with van der Waals surface area (Å²) in [6.45, 7) is 0.661. The molecule has 1 aliphatic heterocycles. The first-order valence-electron chi connectivity index (χ1n) is 6.32. The third-order valence-electron chi connectivity index (χ3n) is 3.42. The fourth-order valence-corrected chi connectivity index (χ4v) is 2.83. The molecule has 0 aromatic heterocycles. The topological polar surface area (TPSA) is 57.6 Å². The zero-order chi connectivity index (χ0) is 14.7. The monoisotopic (exact) mass is 333 g/mol. The van der Waals surface area contributed by atoms with Crippen LogP contribution in [0.2, 0.25) is 0 Å². The summed E-state index contributed by atoms with van der Waals surface area (Å²) in [5.74, 6) is -1.41. The molecule has 1 heterocycles. The summed E-state index contributed by atoms with van der Waals surface area (Å²) in [6, 6.07) is 4.31. The van der Waals surface area contributed by atoms with Crippen LogP contribution in [0.3, 0.4) is 0 Å². The molecule has 4 nitrogen and oxygen atoms in total. The zero-order valence-electron chi connectivity index (χ0n) is 11.5. The van der Waals surface area contributed by atoms with Crippen molar-refractivity contribution in [2.75, 3.05) is 19.3 Å². The van der Waals surface area contributed by atoms with E-state index >= 15 is 0 Å². The van der Waals surface area contributed by atoms with Gasteiger partial charge in [-0.05, 0) is 36.4 Å². The van der Waals surface area contributed by atoms with E-state index in [1.807, 2.05) is 6.26 Å². The standard InChI is InChI=1S/C14H16FNO3S.ClH/c1-20-8-11-6-9(2-3-12(11)15)13(17)16-5-4-10(7-16)14(18)19;/h2-3,6,10H,4-5,7-8H2,1H3,(H,18,19);1H. The molecular weight excluding hydrogens is 317 g/mol. The molecule has 2 rings (SSSR count). The van der Waals surface area contributed by atoms with Crippen LogP contribution in [0.25, 0.3) is 0 Å². The van der Waals surface area contributed by atoms with Gasteiger partial charge in [-0.2, -0.15) is 11.8 Å². The van der Waals surface area contributed by atoms with Gasteiger partial charge in [0, 0.05) is 24.4 Å². The number of likely N-dealkylation sites (tertiary alicyclic amines) is 1. The van der Waals surface area contributed by atoms with E-state index in [-0.39, 0.29) is 30.7 Å². The van der Waals surface area contributed by atoms with E-state index in [1.165, 1.54) is 28.8 Å². The third-order valence-corrected chi connectivity index (χ3v) is 4.02. The van der Waals surface area contributed by atoms with Gasteiger partial charge in [-0.1, -0.05) is 0 Å². The number of amides is 1. The van der Waals surface area contributed by atoms with Crippen LogP contribution < -0.4 is 0 Å². The summed E-state index contributed by atoms with van der Waals surface area (Å²) < 4.78 is 13.5. The highest BCUT2D eigenvalue weighted by Crippen LogP contribution is 2.21. The van der Waals surface area contributed by atoms with Crippen molar-refractivity contribution in [1.29, 1.82) is 0 Å². The molecule has 0 bridgehead atoms. The van der Waals surface area contributed by atoms with Gasteiger partial charge in [0.1, 0.15) is 5.82 Å². The minimum absolute atomic E-state index is 0. The molecular formula is C14H17ClFNO3S. The number of hydrogen-bond acceptors (Lipinski definition) is 3. The molecule has 1 atom stereocenters. The molecule has 1 aromatic carbocycles. The van der Waals surface area contributed by atoms with Crippen LogP contribution in [-0.4, -0.2) is 41.2 Å². The molecule has 7 heteroatoms. The number of carboxylic acid groups (broad SMARTS) is 1. The normalized spacial score (nSPS) is 17.4. The maximum atomic E-state index is 13.5. The number of thioether (sulfide) groups is 1. The Kier molecular flexibility index (Phi) is 6.48. The van der Waals surface area contributed by atoms with Crippen molar-refractivity contribution < 1.29 is 19.1 Å². The Morgan fingerprint density at radius 3 is 2.76 bits per heavy atom. The lowest BCUT2D eigenvalue weighted by Crippen LogP contribution is -2.30. The maximum Gasteiger partial charge on any atom is 0.308 e. The second-order valence-electron chi connectivity index (χ2n) is 4.81. The van der Waals surface area contributed by atoms with E-state index in [2.05, 4.69) is 0 Å². The first-order valence-corrected chi connectivity index (χ1v) is 7.71. The van der Waals surface area contributed by atoms with Gasteiger partial charge < -0.3 is 10.0 Å². The molecule has 1 saturated heterocycles. The number of aliphatic carboxylic acids is 1. The maximum absolute atomic E-state index is 13.5. The van der Waals surface area contributed by atoms with E-state index in [4.69, 9.17) is 5.11 Å². The van der Waals surface area contributed by atoms with Crippen LogP contribution in [0, 0.1) is 11.7 Å². The van der Waals surface area contributed by atoms with Gasteiger partial charge in [-0.15, -0.1) is 12.4 Å². The first-order chi connectivity index (χ1) is 9.52. The average Bonchev–Trinajstić information content (AvgIpc) is 2.90. The predicted molar refractivity (Wildman–Crippen MR) is 82.5 cm³/mol. The Labute approximate surface area is 133 Å². The molecule has 1 N–H and O–H groups in total. The van der Waals surface area contributed by atoms with Crippen LogP contribution in [0.5, 0.6) is 0 Å². The number of nitrogens with zero attached hydrogens (tertiary/aromatic N) is 1. The fourth-order valence-electron chi connectivity index (χ4n) is 2.30. The second kappa shape index (κ2) is 7.66. The van der Waals surface area contributed by atoms with E-state index in [9.17, 15) is 14.0 Å². The average molecular weight is 334 g/mol. The number of hydrogen-bond donors (Lipinski definition) is 1. The molecule has 0 aliphatic carbocycles.